The molecule has 0 bridgehead atoms. The monoisotopic (exact) mass is 499 g/mol. The first kappa shape index (κ1) is 21.3. The number of aryl methyl sites for hydroxylation is 1. The molecular formula is C24H16BrClFNO3. The third-order valence-electron chi connectivity index (χ3n) is 5.17. The van der Waals surface area contributed by atoms with E-state index in [0.29, 0.717) is 11.1 Å². The number of amides is 1. The van der Waals surface area contributed by atoms with E-state index in [0.717, 1.165) is 16.1 Å². The first-order valence-corrected chi connectivity index (χ1v) is 10.5. The second-order valence-electron chi connectivity index (χ2n) is 7.14. The Kier molecular flexibility index (Phi) is 5.69. The molecule has 3 aromatic carbocycles. The van der Waals surface area contributed by atoms with E-state index in [1.165, 1.54) is 17.0 Å². The molecule has 1 fully saturated rings. The molecule has 1 aliphatic rings. The Balaban J connectivity index is 1.95. The standard InChI is InChI=1S/C24H16BrClFNO3/c1-13-11-15(7-9-17(13)25)22(29)20-21(14-5-3-2-4-6-14)28(24(31)23(20)30)16-8-10-19(27)18(26)12-16/h2-12,21,29H,1H3/b22-20+. The van der Waals surface area contributed by atoms with Gasteiger partial charge in [0.15, 0.2) is 0 Å². The van der Waals surface area contributed by atoms with Crippen molar-refractivity contribution in [3.8, 4) is 0 Å². The highest BCUT2D eigenvalue weighted by Crippen LogP contribution is 2.43. The van der Waals surface area contributed by atoms with Crippen LogP contribution in [0.5, 0.6) is 0 Å². The third-order valence-corrected chi connectivity index (χ3v) is 6.35. The topological polar surface area (TPSA) is 57.6 Å². The maximum Gasteiger partial charge on any atom is 0.300 e. The highest BCUT2D eigenvalue weighted by Gasteiger charge is 2.47. The summed E-state index contributed by atoms with van der Waals surface area (Å²) in [6.07, 6.45) is 0. The van der Waals surface area contributed by atoms with Gasteiger partial charge in [-0.2, -0.15) is 0 Å². The summed E-state index contributed by atoms with van der Waals surface area (Å²) in [6.45, 7) is 1.86. The van der Waals surface area contributed by atoms with Gasteiger partial charge in [-0.15, -0.1) is 0 Å². The van der Waals surface area contributed by atoms with Gasteiger partial charge in [-0.1, -0.05) is 63.9 Å². The summed E-state index contributed by atoms with van der Waals surface area (Å²) in [6, 6.07) is 16.9. The minimum absolute atomic E-state index is 0.0432. The van der Waals surface area contributed by atoms with Gasteiger partial charge in [-0.05, 0) is 48.4 Å². The van der Waals surface area contributed by atoms with Gasteiger partial charge in [0, 0.05) is 15.7 Å². The number of carbonyl (C=O) groups is 2. The van der Waals surface area contributed by atoms with Gasteiger partial charge in [0.2, 0.25) is 0 Å². The molecule has 7 heteroatoms. The van der Waals surface area contributed by atoms with E-state index < -0.39 is 23.5 Å². The van der Waals surface area contributed by atoms with Crippen LogP contribution >= 0.6 is 27.5 Å². The number of aliphatic hydroxyl groups is 1. The Labute approximate surface area is 191 Å². The maximum absolute atomic E-state index is 13.7. The van der Waals surface area contributed by atoms with Crippen LogP contribution in [0.25, 0.3) is 5.76 Å². The summed E-state index contributed by atoms with van der Waals surface area (Å²) in [7, 11) is 0. The van der Waals surface area contributed by atoms with Crippen LogP contribution in [0.15, 0.2) is 76.8 Å². The molecule has 0 aliphatic carbocycles. The Morgan fingerprint density at radius 3 is 2.42 bits per heavy atom. The van der Waals surface area contributed by atoms with Crippen molar-refractivity contribution in [2.24, 2.45) is 0 Å². The number of Topliss-reactive ketones (excluding diaryl/α,β-unsaturated/α-hetero) is 1. The molecule has 0 spiro atoms. The molecule has 1 amide bonds. The molecule has 1 heterocycles. The van der Waals surface area contributed by atoms with Crippen molar-refractivity contribution in [1.29, 1.82) is 0 Å². The summed E-state index contributed by atoms with van der Waals surface area (Å²) in [5.41, 5.74) is 2.11. The van der Waals surface area contributed by atoms with Gasteiger partial charge in [0.05, 0.1) is 16.6 Å². The van der Waals surface area contributed by atoms with Gasteiger partial charge in [0.1, 0.15) is 11.6 Å². The van der Waals surface area contributed by atoms with Crippen molar-refractivity contribution in [3.05, 3.63) is 104 Å². The van der Waals surface area contributed by atoms with Crippen LogP contribution in [0.2, 0.25) is 5.02 Å². The van der Waals surface area contributed by atoms with E-state index in [4.69, 9.17) is 11.6 Å². The quantitative estimate of drug-likeness (QED) is 0.266. The molecule has 3 aromatic rings. The first-order valence-electron chi connectivity index (χ1n) is 9.37. The van der Waals surface area contributed by atoms with Gasteiger partial charge in [-0.3, -0.25) is 14.5 Å². The van der Waals surface area contributed by atoms with Crippen LogP contribution < -0.4 is 4.90 Å². The first-order chi connectivity index (χ1) is 14.8. The van der Waals surface area contributed by atoms with E-state index >= 15 is 0 Å². The maximum atomic E-state index is 13.7. The Hall–Kier alpha value is -2.96. The molecule has 1 saturated heterocycles. The molecule has 1 atom stereocenters. The number of anilines is 1. The van der Waals surface area contributed by atoms with Crippen molar-refractivity contribution in [3.63, 3.8) is 0 Å². The molecule has 1 aliphatic heterocycles. The van der Waals surface area contributed by atoms with E-state index in [9.17, 15) is 19.1 Å². The van der Waals surface area contributed by atoms with E-state index in [1.807, 2.05) is 13.0 Å². The van der Waals surface area contributed by atoms with Crippen LogP contribution in [-0.2, 0) is 9.59 Å². The molecule has 1 N–H and O–H groups in total. The lowest BCUT2D eigenvalue weighted by molar-refractivity contribution is -0.132. The zero-order valence-electron chi connectivity index (χ0n) is 16.3. The van der Waals surface area contributed by atoms with E-state index in [2.05, 4.69) is 15.9 Å². The van der Waals surface area contributed by atoms with Gasteiger partial charge in [-0.25, -0.2) is 4.39 Å². The second kappa shape index (κ2) is 8.29. The number of hydrogen-bond donors (Lipinski definition) is 1. The Bertz CT molecular complexity index is 1240. The van der Waals surface area contributed by atoms with Crippen LogP contribution in [0.4, 0.5) is 10.1 Å². The van der Waals surface area contributed by atoms with Crippen molar-refractivity contribution in [1.82, 2.24) is 0 Å². The van der Waals surface area contributed by atoms with E-state index in [1.54, 1.807) is 42.5 Å². The number of ketones is 1. The highest BCUT2D eigenvalue weighted by atomic mass is 79.9. The normalized spacial score (nSPS) is 17.9. The SMILES string of the molecule is Cc1cc(/C(O)=C2\C(=O)C(=O)N(c3ccc(F)c(Cl)c3)C2c2ccccc2)ccc1Br. The van der Waals surface area contributed by atoms with E-state index in [-0.39, 0.29) is 22.0 Å². The zero-order chi connectivity index (χ0) is 22.3. The molecule has 31 heavy (non-hydrogen) atoms. The number of hydrogen-bond acceptors (Lipinski definition) is 3. The molecule has 1 unspecified atom stereocenters. The number of aliphatic hydroxyl groups excluding tert-OH is 1. The average Bonchev–Trinajstić information content (AvgIpc) is 3.03. The molecule has 156 valence electrons. The summed E-state index contributed by atoms with van der Waals surface area (Å²) in [5, 5.41) is 10.9. The molecular weight excluding hydrogens is 485 g/mol. The van der Waals surface area contributed by atoms with Crippen molar-refractivity contribution in [2.75, 3.05) is 4.90 Å². The molecule has 0 aromatic heterocycles. The van der Waals surface area contributed by atoms with Crippen molar-refractivity contribution in [2.45, 2.75) is 13.0 Å². The number of rotatable bonds is 3. The third kappa shape index (κ3) is 3.77. The predicted molar refractivity (Wildman–Crippen MR) is 122 cm³/mol. The van der Waals surface area contributed by atoms with Crippen molar-refractivity contribution < 1.29 is 19.1 Å². The van der Waals surface area contributed by atoms with Crippen LogP contribution in [0.3, 0.4) is 0 Å². The van der Waals surface area contributed by atoms with Crippen molar-refractivity contribution >= 4 is 50.7 Å². The Morgan fingerprint density at radius 2 is 1.77 bits per heavy atom. The van der Waals surface area contributed by atoms with Gasteiger partial charge >= 0.3 is 0 Å². The summed E-state index contributed by atoms with van der Waals surface area (Å²) >= 11 is 9.35. The number of carbonyl (C=O) groups excluding carboxylic acids is 2. The van der Waals surface area contributed by atoms with Gasteiger partial charge in [0.25, 0.3) is 11.7 Å². The lowest BCUT2D eigenvalue weighted by Gasteiger charge is -2.25. The minimum Gasteiger partial charge on any atom is -0.507 e. The predicted octanol–water partition coefficient (Wildman–Crippen LogP) is 6.18. The number of halogens is 3. The summed E-state index contributed by atoms with van der Waals surface area (Å²) < 4.78 is 14.6. The highest BCUT2D eigenvalue weighted by molar-refractivity contribution is 9.10. The van der Waals surface area contributed by atoms with Gasteiger partial charge < -0.3 is 5.11 Å². The molecule has 4 rings (SSSR count). The lowest BCUT2D eigenvalue weighted by Crippen LogP contribution is -2.29. The minimum atomic E-state index is -0.897. The molecule has 0 radical (unpaired) electrons. The summed E-state index contributed by atoms with van der Waals surface area (Å²) in [5.74, 6) is -2.57. The largest absolute Gasteiger partial charge is 0.507 e. The summed E-state index contributed by atoms with van der Waals surface area (Å²) in [4.78, 5) is 27.3. The van der Waals surface area contributed by atoms with Crippen LogP contribution in [-0.4, -0.2) is 16.8 Å². The lowest BCUT2D eigenvalue weighted by atomic mass is 9.95. The fourth-order valence-corrected chi connectivity index (χ4v) is 4.05. The second-order valence-corrected chi connectivity index (χ2v) is 8.40. The number of nitrogens with zero attached hydrogens (tertiary/aromatic N) is 1. The molecule has 4 nitrogen and oxygen atoms in total. The Morgan fingerprint density at radius 1 is 1.06 bits per heavy atom. The van der Waals surface area contributed by atoms with Crippen LogP contribution in [0.1, 0.15) is 22.7 Å². The number of benzene rings is 3. The fourth-order valence-electron chi connectivity index (χ4n) is 3.63. The fraction of sp³-hybridized carbons (Fsp3) is 0.0833. The molecule has 0 saturated carbocycles. The zero-order valence-corrected chi connectivity index (χ0v) is 18.6. The smallest absolute Gasteiger partial charge is 0.300 e. The average molecular weight is 501 g/mol. The van der Waals surface area contributed by atoms with Crippen LogP contribution in [0, 0.1) is 12.7 Å².